The van der Waals surface area contributed by atoms with Gasteiger partial charge in [0.25, 0.3) is 0 Å². The Balaban J connectivity index is 1.43. The van der Waals surface area contributed by atoms with E-state index in [1.165, 1.54) is 55.0 Å². The van der Waals surface area contributed by atoms with Gasteiger partial charge in [-0.2, -0.15) is 0 Å². The van der Waals surface area contributed by atoms with Crippen molar-refractivity contribution in [3.63, 3.8) is 0 Å². The molecule has 0 bridgehead atoms. The molecule has 0 amide bonds. The lowest BCUT2D eigenvalue weighted by atomic mass is 10.0. The van der Waals surface area contributed by atoms with Crippen molar-refractivity contribution in [3.05, 3.63) is 30.0 Å². The number of aromatic nitrogens is 1. The van der Waals surface area contributed by atoms with Crippen LogP contribution in [-0.4, -0.2) is 48.2 Å². The molecule has 0 atom stereocenters. The monoisotopic (exact) mass is 442 g/mol. The fourth-order valence-electron chi connectivity index (χ4n) is 5.11. The predicted octanol–water partition coefficient (Wildman–Crippen LogP) is 6.13. The molecule has 178 valence electrons. The van der Waals surface area contributed by atoms with Crippen LogP contribution in [0.15, 0.2) is 24.4 Å². The van der Waals surface area contributed by atoms with E-state index in [4.69, 9.17) is 14.2 Å². The van der Waals surface area contributed by atoms with Crippen molar-refractivity contribution in [2.24, 2.45) is 0 Å². The molecule has 0 saturated carbocycles. The second-order valence-corrected chi connectivity index (χ2v) is 9.53. The number of ether oxygens (including phenoxy) is 3. The van der Waals surface area contributed by atoms with Crippen LogP contribution in [0.5, 0.6) is 5.75 Å². The van der Waals surface area contributed by atoms with Crippen molar-refractivity contribution >= 4 is 10.9 Å². The molecule has 3 heterocycles. The van der Waals surface area contributed by atoms with E-state index in [2.05, 4.69) is 47.7 Å². The van der Waals surface area contributed by atoms with Crippen LogP contribution in [-0.2, 0) is 22.6 Å². The van der Waals surface area contributed by atoms with Crippen LogP contribution in [0, 0.1) is 0 Å². The number of piperidine rings is 1. The topological polar surface area (TPSA) is 35.9 Å². The minimum Gasteiger partial charge on any atom is -0.494 e. The number of fused-ring (bicyclic) bond motifs is 1. The molecule has 4 rings (SSSR count). The van der Waals surface area contributed by atoms with Crippen molar-refractivity contribution in [2.75, 3.05) is 32.9 Å². The summed E-state index contributed by atoms with van der Waals surface area (Å²) >= 11 is 0. The van der Waals surface area contributed by atoms with Crippen LogP contribution in [0.3, 0.4) is 0 Å². The van der Waals surface area contributed by atoms with Gasteiger partial charge in [0.05, 0.1) is 25.3 Å². The highest BCUT2D eigenvalue weighted by molar-refractivity contribution is 5.85. The number of likely N-dealkylation sites (tertiary alicyclic amines) is 1. The van der Waals surface area contributed by atoms with Crippen LogP contribution < -0.4 is 4.74 Å². The predicted molar refractivity (Wildman–Crippen MR) is 130 cm³/mol. The Labute approximate surface area is 194 Å². The van der Waals surface area contributed by atoms with E-state index in [1.807, 2.05) is 0 Å². The molecule has 0 unspecified atom stereocenters. The summed E-state index contributed by atoms with van der Waals surface area (Å²) in [7, 11) is 0. The molecule has 2 aromatic rings. The summed E-state index contributed by atoms with van der Waals surface area (Å²) < 4.78 is 20.2. The first-order chi connectivity index (χ1) is 15.7. The molecule has 1 aromatic heterocycles. The van der Waals surface area contributed by atoms with Crippen molar-refractivity contribution < 1.29 is 14.2 Å². The lowest BCUT2D eigenvalue weighted by Gasteiger charge is -2.37. The summed E-state index contributed by atoms with van der Waals surface area (Å²) in [6.07, 6.45) is 13.3. The molecule has 5 nitrogen and oxygen atoms in total. The Morgan fingerprint density at radius 1 is 0.938 bits per heavy atom. The Hall–Kier alpha value is -1.56. The number of hydrogen-bond acceptors (Lipinski definition) is 4. The molecule has 2 aliphatic rings. The molecule has 2 aliphatic heterocycles. The lowest BCUT2D eigenvalue weighted by molar-refractivity contribution is -0.185. The van der Waals surface area contributed by atoms with Gasteiger partial charge in [0, 0.05) is 56.7 Å². The molecule has 0 N–H and O–H groups in total. The van der Waals surface area contributed by atoms with E-state index in [9.17, 15) is 0 Å². The maximum Gasteiger partial charge on any atom is 0.170 e. The van der Waals surface area contributed by atoms with E-state index >= 15 is 0 Å². The first kappa shape index (κ1) is 23.6. The van der Waals surface area contributed by atoms with Crippen LogP contribution in [0.4, 0.5) is 0 Å². The quantitative estimate of drug-likeness (QED) is 0.371. The van der Waals surface area contributed by atoms with Gasteiger partial charge in [-0.15, -0.1) is 0 Å². The summed E-state index contributed by atoms with van der Waals surface area (Å²) in [5.41, 5.74) is 2.75. The van der Waals surface area contributed by atoms with Gasteiger partial charge >= 0.3 is 0 Å². The molecule has 2 fully saturated rings. The summed E-state index contributed by atoms with van der Waals surface area (Å²) in [6.45, 7) is 10.8. The molecule has 2 saturated heterocycles. The highest BCUT2D eigenvalue weighted by atomic mass is 16.7. The number of unbranched alkanes of at least 4 members (excludes halogenated alkanes) is 5. The molecule has 1 aromatic carbocycles. The first-order valence-electron chi connectivity index (χ1n) is 13.0. The minimum absolute atomic E-state index is 0.298. The average Bonchev–Trinajstić information content (AvgIpc) is 3.41. The van der Waals surface area contributed by atoms with E-state index in [-0.39, 0.29) is 5.79 Å². The van der Waals surface area contributed by atoms with E-state index in [0.29, 0.717) is 0 Å². The largest absolute Gasteiger partial charge is 0.494 e. The van der Waals surface area contributed by atoms with Gasteiger partial charge in [0.15, 0.2) is 5.79 Å². The van der Waals surface area contributed by atoms with Crippen molar-refractivity contribution in [2.45, 2.75) is 90.5 Å². The minimum atomic E-state index is -0.298. The summed E-state index contributed by atoms with van der Waals surface area (Å²) in [5.74, 6) is 0.692. The van der Waals surface area contributed by atoms with Gasteiger partial charge < -0.3 is 18.8 Å². The van der Waals surface area contributed by atoms with Gasteiger partial charge in [-0.3, -0.25) is 4.90 Å². The first-order valence-corrected chi connectivity index (χ1v) is 13.0. The van der Waals surface area contributed by atoms with Crippen molar-refractivity contribution in [3.8, 4) is 5.75 Å². The molecular weight excluding hydrogens is 400 g/mol. The van der Waals surface area contributed by atoms with Crippen LogP contribution >= 0.6 is 0 Å². The second-order valence-electron chi connectivity index (χ2n) is 9.53. The zero-order chi connectivity index (χ0) is 22.2. The molecular formula is C27H42N2O3. The van der Waals surface area contributed by atoms with Crippen molar-refractivity contribution in [1.29, 1.82) is 0 Å². The SMILES string of the molecule is CCCCCCCCn1cc(CN2CCC3(CC2)OCCO3)c2ccc(OCCC)cc21. The highest BCUT2D eigenvalue weighted by Crippen LogP contribution is 2.33. The van der Waals surface area contributed by atoms with E-state index < -0.39 is 0 Å². The maximum absolute atomic E-state index is 5.95. The van der Waals surface area contributed by atoms with Crippen LogP contribution in [0.2, 0.25) is 0 Å². The third-order valence-electron chi connectivity index (χ3n) is 6.99. The van der Waals surface area contributed by atoms with Gasteiger partial charge in [0.1, 0.15) is 5.75 Å². The number of nitrogens with zero attached hydrogens (tertiary/aromatic N) is 2. The molecule has 5 heteroatoms. The van der Waals surface area contributed by atoms with Gasteiger partial charge in [-0.25, -0.2) is 0 Å². The second kappa shape index (κ2) is 11.5. The fraction of sp³-hybridized carbons (Fsp3) is 0.704. The Morgan fingerprint density at radius 2 is 1.69 bits per heavy atom. The number of rotatable bonds is 12. The van der Waals surface area contributed by atoms with Gasteiger partial charge in [-0.1, -0.05) is 46.0 Å². The Morgan fingerprint density at radius 3 is 2.44 bits per heavy atom. The maximum atomic E-state index is 5.95. The van der Waals surface area contributed by atoms with Crippen LogP contribution in [0.25, 0.3) is 10.9 Å². The van der Waals surface area contributed by atoms with E-state index in [1.54, 1.807) is 0 Å². The average molecular weight is 443 g/mol. The number of benzene rings is 1. The van der Waals surface area contributed by atoms with Crippen LogP contribution in [0.1, 0.15) is 77.2 Å². The zero-order valence-electron chi connectivity index (χ0n) is 20.2. The van der Waals surface area contributed by atoms with Crippen molar-refractivity contribution in [1.82, 2.24) is 9.47 Å². The number of aryl methyl sites for hydroxylation is 1. The van der Waals surface area contributed by atoms with E-state index in [0.717, 1.165) is 71.0 Å². The normalized spacial score (nSPS) is 18.7. The zero-order valence-corrected chi connectivity index (χ0v) is 20.2. The third kappa shape index (κ3) is 5.86. The van der Waals surface area contributed by atoms with Gasteiger partial charge in [0.2, 0.25) is 0 Å². The summed E-state index contributed by atoms with van der Waals surface area (Å²) in [4.78, 5) is 2.56. The summed E-state index contributed by atoms with van der Waals surface area (Å²) in [6, 6.07) is 6.65. The fourth-order valence-corrected chi connectivity index (χ4v) is 5.11. The highest BCUT2D eigenvalue weighted by Gasteiger charge is 2.39. The number of hydrogen-bond donors (Lipinski definition) is 0. The summed E-state index contributed by atoms with van der Waals surface area (Å²) in [5, 5.41) is 1.37. The standard InChI is InChI=1S/C27H42N2O3/c1-3-5-6-7-8-9-14-29-22-23(25-11-10-24(20-26(25)29)30-17-4-2)21-28-15-12-27(13-16-28)31-18-19-32-27/h10-11,20,22H,3-9,12-19,21H2,1-2H3. The molecule has 0 radical (unpaired) electrons. The Kier molecular flexibility index (Phi) is 8.50. The van der Waals surface area contributed by atoms with Gasteiger partial charge in [-0.05, 0) is 30.5 Å². The lowest BCUT2D eigenvalue weighted by Crippen LogP contribution is -2.44. The smallest absolute Gasteiger partial charge is 0.170 e. The molecule has 1 spiro atoms. The Bertz CT molecular complexity index is 831. The molecule has 0 aliphatic carbocycles. The third-order valence-corrected chi connectivity index (χ3v) is 6.99. The molecule has 32 heavy (non-hydrogen) atoms.